The first-order valence-corrected chi connectivity index (χ1v) is 8.87. The van der Waals surface area contributed by atoms with Crippen molar-refractivity contribution in [3.63, 3.8) is 0 Å². The van der Waals surface area contributed by atoms with Gasteiger partial charge in [-0.1, -0.05) is 11.8 Å². The van der Waals surface area contributed by atoms with Crippen molar-refractivity contribution in [2.24, 2.45) is 5.73 Å². The average molecular weight is 381 g/mol. The predicted molar refractivity (Wildman–Crippen MR) is 95.6 cm³/mol. The van der Waals surface area contributed by atoms with Crippen molar-refractivity contribution in [3.05, 3.63) is 35.9 Å². The van der Waals surface area contributed by atoms with E-state index in [1.165, 1.54) is 12.1 Å². The quantitative estimate of drug-likeness (QED) is 0.624. The van der Waals surface area contributed by atoms with Crippen LogP contribution in [0, 0.1) is 5.82 Å². The Labute approximate surface area is 154 Å². The number of thioether (sulfide) groups is 1. The number of halogens is 1. The molecule has 0 saturated heterocycles. The molecule has 8 nitrogen and oxygen atoms in total. The summed E-state index contributed by atoms with van der Waals surface area (Å²) in [4.78, 5) is 24.0. The van der Waals surface area contributed by atoms with Crippen LogP contribution < -0.4 is 16.0 Å². The Hall–Kier alpha value is -2.46. The van der Waals surface area contributed by atoms with Crippen molar-refractivity contribution in [3.8, 4) is 5.69 Å². The third-order valence-electron chi connectivity index (χ3n) is 3.89. The van der Waals surface area contributed by atoms with E-state index in [1.54, 1.807) is 23.6 Å². The van der Waals surface area contributed by atoms with Crippen LogP contribution in [0.2, 0.25) is 0 Å². The number of carbonyl (C=O) groups is 2. The van der Waals surface area contributed by atoms with Crippen LogP contribution in [-0.2, 0) is 4.79 Å². The Balaban J connectivity index is 2.41. The summed E-state index contributed by atoms with van der Waals surface area (Å²) in [6, 6.07) is 5.05. The molecule has 4 N–H and O–H groups in total. The van der Waals surface area contributed by atoms with Gasteiger partial charge in [0.2, 0.25) is 5.91 Å². The Morgan fingerprint density at radius 1 is 1.23 bits per heavy atom. The lowest BCUT2D eigenvalue weighted by Gasteiger charge is -2.18. The maximum Gasteiger partial charge on any atom is 0.318 e. The number of imide groups is 1. The second-order valence-corrected chi connectivity index (χ2v) is 7.37. The van der Waals surface area contributed by atoms with E-state index >= 15 is 0 Å². The molecule has 1 heterocycles. The number of nitrogens with two attached hydrogens (primary N) is 1. The largest absolute Gasteiger partial charge is 0.351 e. The number of rotatable bonds is 6. The Bertz CT molecular complexity index is 793. The molecular formula is C16H22FN6O2S+. The third-order valence-corrected chi connectivity index (χ3v) is 4.94. The molecule has 2 rings (SSSR count). The molecule has 1 aromatic heterocycles. The number of carbonyl (C=O) groups excluding carboxylic acids is 2. The fourth-order valence-electron chi connectivity index (χ4n) is 2.16. The second kappa shape index (κ2) is 8.28. The lowest BCUT2D eigenvalue weighted by atomic mass is 10.2. The minimum Gasteiger partial charge on any atom is -0.351 e. The lowest BCUT2D eigenvalue weighted by molar-refractivity contribution is -0.890. The highest BCUT2D eigenvalue weighted by molar-refractivity contribution is 8.00. The number of amides is 3. The zero-order valence-electron chi connectivity index (χ0n) is 15.0. The molecular weight excluding hydrogens is 359 g/mol. The van der Waals surface area contributed by atoms with Crippen molar-refractivity contribution in [1.29, 1.82) is 0 Å². The van der Waals surface area contributed by atoms with Gasteiger partial charge in [-0.05, 0) is 38.1 Å². The summed E-state index contributed by atoms with van der Waals surface area (Å²) in [5.74, 6) is -0.191. The topological polar surface area (TPSA) is 107 Å². The van der Waals surface area contributed by atoms with Gasteiger partial charge in [0.15, 0.2) is 11.0 Å². The maximum absolute atomic E-state index is 13.3. The number of primary amides is 1. The minimum atomic E-state index is -0.909. The van der Waals surface area contributed by atoms with E-state index in [0.29, 0.717) is 16.7 Å². The fraction of sp³-hybridized carbons (Fsp3) is 0.375. The monoisotopic (exact) mass is 381 g/mol. The highest BCUT2D eigenvalue weighted by atomic mass is 32.2. The van der Waals surface area contributed by atoms with Gasteiger partial charge in [0.05, 0.1) is 19.3 Å². The van der Waals surface area contributed by atoms with Crippen molar-refractivity contribution in [1.82, 2.24) is 20.1 Å². The van der Waals surface area contributed by atoms with Crippen molar-refractivity contribution >= 4 is 23.7 Å². The first-order valence-electron chi connectivity index (χ1n) is 7.99. The van der Waals surface area contributed by atoms with Crippen LogP contribution in [0.1, 0.15) is 25.7 Å². The summed E-state index contributed by atoms with van der Waals surface area (Å²) < 4.78 is 15.1. The normalized spacial score (nSPS) is 13.5. The van der Waals surface area contributed by atoms with Crippen LogP contribution in [-0.4, -0.2) is 46.0 Å². The molecule has 26 heavy (non-hydrogen) atoms. The maximum atomic E-state index is 13.3. The molecule has 3 amide bonds. The van der Waals surface area contributed by atoms with Crippen LogP contribution in [0.3, 0.4) is 0 Å². The first-order chi connectivity index (χ1) is 12.2. The number of hydrogen-bond acceptors (Lipinski definition) is 5. The van der Waals surface area contributed by atoms with E-state index < -0.39 is 17.2 Å². The van der Waals surface area contributed by atoms with Gasteiger partial charge in [0.1, 0.15) is 11.9 Å². The van der Waals surface area contributed by atoms with E-state index in [2.05, 4.69) is 10.2 Å². The predicted octanol–water partition coefficient (Wildman–Crippen LogP) is 0.287. The highest BCUT2D eigenvalue weighted by Gasteiger charge is 2.26. The van der Waals surface area contributed by atoms with E-state index in [9.17, 15) is 14.0 Å². The number of aromatic nitrogens is 3. The first kappa shape index (κ1) is 19.9. The van der Waals surface area contributed by atoms with E-state index in [0.717, 1.165) is 16.7 Å². The molecule has 2 atom stereocenters. The summed E-state index contributed by atoms with van der Waals surface area (Å²) in [5, 5.41) is 10.3. The van der Waals surface area contributed by atoms with Crippen molar-refractivity contribution in [2.45, 2.75) is 30.3 Å². The summed E-state index contributed by atoms with van der Waals surface area (Å²) in [7, 11) is 3.98. The summed E-state index contributed by atoms with van der Waals surface area (Å²) >= 11 is 1.14. The molecule has 0 spiro atoms. The lowest BCUT2D eigenvalue weighted by Crippen LogP contribution is -3.05. The molecule has 0 saturated carbocycles. The van der Waals surface area contributed by atoms with Crippen LogP contribution in [0.4, 0.5) is 9.18 Å². The van der Waals surface area contributed by atoms with Gasteiger partial charge in [0, 0.05) is 5.69 Å². The second-order valence-electron chi connectivity index (χ2n) is 6.07. The molecule has 0 unspecified atom stereocenters. The highest BCUT2D eigenvalue weighted by Crippen LogP contribution is 2.27. The van der Waals surface area contributed by atoms with Gasteiger partial charge in [0.25, 0.3) is 0 Å². The molecule has 0 fully saturated rings. The van der Waals surface area contributed by atoms with E-state index in [1.807, 2.05) is 26.3 Å². The molecule has 2 aromatic rings. The smallest absolute Gasteiger partial charge is 0.318 e. The van der Waals surface area contributed by atoms with Gasteiger partial charge in [-0.3, -0.25) is 14.7 Å². The molecule has 0 radical (unpaired) electrons. The number of quaternary nitrogens is 1. The molecule has 140 valence electrons. The number of hydrogen-bond donors (Lipinski definition) is 3. The van der Waals surface area contributed by atoms with Gasteiger partial charge in [-0.2, -0.15) is 0 Å². The number of urea groups is 1. The third kappa shape index (κ3) is 4.58. The summed E-state index contributed by atoms with van der Waals surface area (Å²) in [6.07, 6.45) is 0. The van der Waals surface area contributed by atoms with Crippen LogP contribution in [0.25, 0.3) is 5.69 Å². The van der Waals surface area contributed by atoms with E-state index in [-0.39, 0.29) is 11.9 Å². The average Bonchev–Trinajstić information content (AvgIpc) is 2.97. The molecule has 10 heteroatoms. The van der Waals surface area contributed by atoms with Crippen molar-refractivity contribution in [2.75, 3.05) is 14.1 Å². The zero-order valence-corrected chi connectivity index (χ0v) is 15.8. The Morgan fingerprint density at radius 3 is 2.38 bits per heavy atom. The summed E-state index contributed by atoms with van der Waals surface area (Å²) in [6.45, 7) is 3.63. The van der Waals surface area contributed by atoms with Crippen molar-refractivity contribution < 1.29 is 18.9 Å². The number of nitrogens with zero attached hydrogens (tertiary/aromatic N) is 3. The van der Waals surface area contributed by atoms with Gasteiger partial charge in [-0.25, -0.2) is 9.18 Å². The Morgan fingerprint density at radius 2 is 1.85 bits per heavy atom. The molecule has 0 aliphatic rings. The SMILES string of the molecule is C[C@H](Sc1nnc([C@H](C)[NH+](C)C)n1-c1ccc(F)cc1)C(=O)NC(N)=O. The molecule has 1 aromatic carbocycles. The number of benzene rings is 1. The minimum absolute atomic E-state index is 0.0108. The van der Waals surface area contributed by atoms with Gasteiger partial charge in [-0.15, -0.1) is 10.2 Å². The van der Waals surface area contributed by atoms with Gasteiger partial charge < -0.3 is 10.6 Å². The van der Waals surface area contributed by atoms with Crippen LogP contribution >= 0.6 is 11.8 Å². The molecule has 0 aliphatic heterocycles. The zero-order chi connectivity index (χ0) is 19.4. The van der Waals surface area contributed by atoms with Crippen LogP contribution in [0.15, 0.2) is 29.4 Å². The fourth-order valence-corrected chi connectivity index (χ4v) is 3.04. The standard InChI is InChI=1S/C16H21FN6O2S/c1-9(22(3)4)13-20-21-16(26-10(2)14(24)19-15(18)25)23(13)12-7-5-11(17)6-8-12/h5-10H,1-4H3,(H3,18,19,24,25)/p+1/t9-,10-/m0/s1. The van der Waals surface area contributed by atoms with Gasteiger partial charge >= 0.3 is 6.03 Å². The summed E-state index contributed by atoms with van der Waals surface area (Å²) in [5.41, 5.74) is 5.67. The van der Waals surface area contributed by atoms with E-state index in [4.69, 9.17) is 5.73 Å². The Kier molecular flexibility index (Phi) is 6.32. The molecule has 0 bridgehead atoms. The molecule has 0 aliphatic carbocycles. The van der Waals surface area contributed by atoms with Crippen LogP contribution in [0.5, 0.6) is 0 Å². The number of nitrogens with one attached hydrogen (secondary N) is 2.